The SMILES string of the molecule is CCOc1ccc(-n2nnnc2CNC(=O)c2ccccc2C)cc1. The zero-order chi connectivity index (χ0) is 17.6. The molecule has 128 valence electrons. The average molecular weight is 337 g/mol. The van der Waals surface area contributed by atoms with Gasteiger partial charge in [0.25, 0.3) is 5.91 Å². The smallest absolute Gasteiger partial charge is 0.251 e. The van der Waals surface area contributed by atoms with Crippen LogP contribution in [-0.2, 0) is 6.54 Å². The van der Waals surface area contributed by atoms with Gasteiger partial charge in [0.2, 0.25) is 0 Å². The molecule has 0 atom stereocenters. The summed E-state index contributed by atoms with van der Waals surface area (Å²) in [5.41, 5.74) is 2.36. The van der Waals surface area contributed by atoms with Gasteiger partial charge in [-0.05, 0) is 60.2 Å². The molecule has 0 aliphatic rings. The Bertz CT molecular complexity index is 858. The maximum absolute atomic E-state index is 12.3. The molecule has 0 saturated carbocycles. The second kappa shape index (κ2) is 7.57. The molecule has 1 N–H and O–H groups in total. The Morgan fingerprint density at radius 1 is 1.16 bits per heavy atom. The molecule has 7 nitrogen and oxygen atoms in total. The quantitative estimate of drug-likeness (QED) is 0.746. The molecule has 0 bridgehead atoms. The summed E-state index contributed by atoms with van der Waals surface area (Å²) in [6.45, 7) is 4.68. The van der Waals surface area contributed by atoms with Gasteiger partial charge in [0.15, 0.2) is 5.82 Å². The van der Waals surface area contributed by atoms with Gasteiger partial charge in [-0.1, -0.05) is 18.2 Å². The van der Waals surface area contributed by atoms with Crippen LogP contribution in [0.2, 0.25) is 0 Å². The van der Waals surface area contributed by atoms with E-state index in [9.17, 15) is 4.79 Å². The normalized spacial score (nSPS) is 10.5. The highest BCUT2D eigenvalue weighted by molar-refractivity contribution is 5.95. The van der Waals surface area contributed by atoms with Gasteiger partial charge in [0.05, 0.1) is 18.8 Å². The number of hydrogen-bond acceptors (Lipinski definition) is 5. The topological polar surface area (TPSA) is 81.9 Å². The number of ether oxygens (including phenoxy) is 1. The fourth-order valence-electron chi connectivity index (χ4n) is 2.45. The Morgan fingerprint density at radius 3 is 2.64 bits per heavy atom. The number of nitrogens with one attached hydrogen (secondary N) is 1. The third kappa shape index (κ3) is 3.82. The van der Waals surface area contributed by atoms with Crippen LogP contribution in [0.3, 0.4) is 0 Å². The summed E-state index contributed by atoms with van der Waals surface area (Å²) in [5.74, 6) is 1.18. The van der Waals surface area contributed by atoms with Gasteiger partial charge >= 0.3 is 0 Å². The zero-order valence-corrected chi connectivity index (χ0v) is 14.1. The molecular weight excluding hydrogens is 318 g/mol. The summed E-state index contributed by atoms with van der Waals surface area (Å²) in [6.07, 6.45) is 0. The third-order valence-electron chi connectivity index (χ3n) is 3.72. The largest absolute Gasteiger partial charge is 0.494 e. The molecule has 3 rings (SSSR count). The monoisotopic (exact) mass is 337 g/mol. The lowest BCUT2D eigenvalue weighted by Gasteiger charge is -2.09. The van der Waals surface area contributed by atoms with Crippen LogP contribution in [0.15, 0.2) is 48.5 Å². The van der Waals surface area contributed by atoms with E-state index in [-0.39, 0.29) is 12.5 Å². The molecule has 0 aliphatic carbocycles. The van der Waals surface area contributed by atoms with Crippen LogP contribution >= 0.6 is 0 Å². The second-order valence-corrected chi connectivity index (χ2v) is 5.43. The molecule has 0 unspecified atom stereocenters. The van der Waals surface area contributed by atoms with E-state index in [0.29, 0.717) is 18.0 Å². The first-order chi connectivity index (χ1) is 12.2. The molecule has 1 heterocycles. The summed E-state index contributed by atoms with van der Waals surface area (Å²) in [5, 5.41) is 14.6. The van der Waals surface area contributed by atoms with Crippen molar-refractivity contribution in [2.75, 3.05) is 6.61 Å². The van der Waals surface area contributed by atoms with Gasteiger partial charge in [0, 0.05) is 5.56 Å². The van der Waals surface area contributed by atoms with E-state index < -0.39 is 0 Å². The fourth-order valence-corrected chi connectivity index (χ4v) is 2.45. The molecule has 0 spiro atoms. The van der Waals surface area contributed by atoms with Crippen molar-refractivity contribution in [1.29, 1.82) is 0 Å². The number of nitrogens with zero attached hydrogens (tertiary/aromatic N) is 4. The van der Waals surface area contributed by atoms with Gasteiger partial charge in [-0.25, -0.2) is 0 Å². The van der Waals surface area contributed by atoms with Crippen molar-refractivity contribution in [3.05, 3.63) is 65.5 Å². The highest BCUT2D eigenvalue weighted by Crippen LogP contribution is 2.15. The molecular formula is C18H19N5O2. The second-order valence-electron chi connectivity index (χ2n) is 5.43. The molecule has 2 aromatic carbocycles. The van der Waals surface area contributed by atoms with Crippen molar-refractivity contribution < 1.29 is 9.53 Å². The van der Waals surface area contributed by atoms with E-state index in [4.69, 9.17) is 4.74 Å². The lowest BCUT2D eigenvalue weighted by molar-refractivity contribution is 0.0949. The van der Waals surface area contributed by atoms with Crippen molar-refractivity contribution in [2.45, 2.75) is 20.4 Å². The summed E-state index contributed by atoms with van der Waals surface area (Å²) in [4.78, 5) is 12.3. The Kier molecular flexibility index (Phi) is 5.03. The lowest BCUT2D eigenvalue weighted by Crippen LogP contribution is -2.25. The predicted molar refractivity (Wildman–Crippen MR) is 92.7 cm³/mol. The van der Waals surface area contributed by atoms with Crippen molar-refractivity contribution >= 4 is 5.91 Å². The van der Waals surface area contributed by atoms with E-state index >= 15 is 0 Å². The third-order valence-corrected chi connectivity index (χ3v) is 3.72. The fraction of sp³-hybridized carbons (Fsp3) is 0.222. The van der Waals surface area contributed by atoms with E-state index in [1.54, 1.807) is 10.7 Å². The molecule has 25 heavy (non-hydrogen) atoms. The van der Waals surface area contributed by atoms with E-state index in [2.05, 4.69) is 20.8 Å². The number of aromatic nitrogens is 4. The van der Waals surface area contributed by atoms with E-state index in [1.165, 1.54) is 0 Å². The molecule has 1 amide bonds. The van der Waals surface area contributed by atoms with Gasteiger partial charge in [0.1, 0.15) is 5.75 Å². The van der Waals surface area contributed by atoms with Gasteiger partial charge < -0.3 is 10.1 Å². The molecule has 0 fully saturated rings. The highest BCUT2D eigenvalue weighted by atomic mass is 16.5. The Morgan fingerprint density at radius 2 is 1.92 bits per heavy atom. The number of amides is 1. The van der Waals surface area contributed by atoms with Gasteiger partial charge in [-0.15, -0.1) is 5.10 Å². The molecule has 3 aromatic rings. The van der Waals surface area contributed by atoms with Crippen LogP contribution in [0, 0.1) is 6.92 Å². The lowest BCUT2D eigenvalue weighted by atomic mass is 10.1. The van der Waals surface area contributed by atoms with Crippen molar-refractivity contribution in [3.8, 4) is 11.4 Å². The molecule has 0 saturated heterocycles. The number of rotatable bonds is 6. The van der Waals surface area contributed by atoms with Crippen LogP contribution in [0.1, 0.15) is 28.7 Å². The number of hydrogen-bond donors (Lipinski definition) is 1. The van der Waals surface area contributed by atoms with Crippen LogP contribution in [0.5, 0.6) is 5.75 Å². The number of aryl methyl sites for hydroxylation is 1. The summed E-state index contributed by atoms with van der Waals surface area (Å²) in [7, 11) is 0. The highest BCUT2D eigenvalue weighted by Gasteiger charge is 2.12. The maximum Gasteiger partial charge on any atom is 0.251 e. The Hall–Kier alpha value is -3.22. The first kappa shape index (κ1) is 16.6. The van der Waals surface area contributed by atoms with Gasteiger partial charge in [-0.2, -0.15) is 4.68 Å². The number of benzene rings is 2. The van der Waals surface area contributed by atoms with E-state index in [0.717, 1.165) is 17.0 Å². The van der Waals surface area contributed by atoms with Crippen LogP contribution in [-0.4, -0.2) is 32.7 Å². The Balaban J connectivity index is 1.72. The molecule has 7 heteroatoms. The minimum absolute atomic E-state index is 0.153. The zero-order valence-electron chi connectivity index (χ0n) is 14.1. The molecule has 0 aliphatic heterocycles. The minimum atomic E-state index is -0.153. The number of carbonyl (C=O) groups excluding carboxylic acids is 1. The molecule has 1 aromatic heterocycles. The van der Waals surface area contributed by atoms with E-state index in [1.807, 2.05) is 56.3 Å². The number of carbonyl (C=O) groups is 1. The standard InChI is InChI=1S/C18H19N5O2/c1-3-25-15-10-8-14(9-11-15)23-17(20-21-22-23)12-19-18(24)16-7-5-4-6-13(16)2/h4-11H,3,12H2,1-2H3,(H,19,24). The minimum Gasteiger partial charge on any atom is -0.494 e. The van der Waals surface area contributed by atoms with Gasteiger partial charge in [-0.3, -0.25) is 4.79 Å². The van der Waals surface area contributed by atoms with Crippen molar-refractivity contribution in [1.82, 2.24) is 25.5 Å². The average Bonchev–Trinajstić information content (AvgIpc) is 3.09. The summed E-state index contributed by atoms with van der Waals surface area (Å²) >= 11 is 0. The van der Waals surface area contributed by atoms with Crippen LogP contribution in [0.25, 0.3) is 5.69 Å². The predicted octanol–water partition coefficient (Wildman–Crippen LogP) is 2.30. The summed E-state index contributed by atoms with van der Waals surface area (Å²) in [6, 6.07) is 14.9. The first-order valence-electron chi connectivity index (χ1n) is 8.03. The first-order valence-corrected chi connectivity index (χ1v) is 8.03. The van der Waals surface area contributed by atoms with Crippen LogP contribution < -0.4 is 10.1 Å². The summed E-state index contributed by atoms with van der Waals surface area (Å²) < 4.78 is 7.02. The number of tetrazole rings is 1. The van der Waals surface area contributed by atoms with Crippen LogP contribution in [0.4, 0.5) is 0 Å². The van der Waals surface area contributed by atoms with Crippen molar-refractivity contribution in [3.63, 3.8) is 0 Å². The van der Waals surface area contributed by atoms with Crippen molar-refractivity contribution in [2.24, 2.45) is 0 Å². The Labute approximate surface area is 145 Å². The molecule has 0 radical (unpaired) electrons. The maximum atomic E-state index is 12.3.